The Morgan fingerprint density at radius 2 is 0.962 bits per heavy atom. The SMILES string of the molecule is CCCCCCC#CCCCCCCC(CCCCCCC)C(C)CC. The zero-order valence-electron chi connectivity index (χ0n) is 18.9. The maximum absolute atomic E-state index is 3.38. The molecule has 0 aromatic rings. The Hall–Kier alpha value is -0.440. The fraction of sp³-hybridized carbons (Fsp3) is 0.923. The van der Waals surface area contributed by atoms with Gasteiger partial charge in [0.15, 0.2) is 0 Å². The summed E-state index contributed by atoms with van der Waals surface area (Å²) in [6, 6.07) is 0. The van der Waals surface area contributed by atoms with Gasteiger partial charge < -0.3 is 0 Å². The molecule has 0 aliphatic rings. The van der Waals surface area contributed by atoms with Gasteiger partial charge in [-0.05, 0) is 24.7 Å². The molecule has 0 fully saturated rings. The highest BCUT2D eigenvalue weighted by Gasteiger charge is 2.14. The molecular weight excluding hydrogens is 312 g/mol. The van der Waals surface area contributed by atoms with Crippen molar-refractivity contribution in [3.05, 3.63) is 0 Å². The normalized spacial score (nSPS) is 13.2. The molecule has 0 aromatic heterocycles. The van der Waals surface area contributed by atoms with Gasteiger partial charge >= 0.3 is 0 Å². The Balaban J connectivity index is 3.64. The average molecular weight is 363 g/mol. The lowest BCUT2D eigenvalue weighted by atomic mass is 9.83. The Labute approximate surface area is 167 Å². The van der Waals surface area contributed by atoms with Crippen molar-refractivity contribution in [2.75, 3.05) is 0 Å². The van der Waals surface area contributed by atoms with Crippen LogP contribution in [0.4, 0.5) is 0 Å². The standard InChI is InChI=1S/C26H50/c1-5-8-10-12-13-14-15-16-17-18-20-22-24-26(25(4)7-3)23-21-19-11-9-6-2/h25-26H,5-13,16-24H2,1-4H3. The van der Waals surface area contributed by atoms with Crippen LogP contribution in [0.15, 0.2) is 0 Å². The van der Waals surface area contributed by atoms with Crippen molar-refractivity contribution in [1.82, 2.24) is 0 Å². The largest absolute Gasteiger partial charge is 0.103 e. The molecule has 0 heteroatoms. The van der Waals surface area contributed by atoms with Crippen molar-refractivity contribution in [1.29, 1.82) is 0 Å². The summed E-state index contributed by atoms with van der Waals surface area (Å²) in [4.78, 5) is 0. The predicted molar refractivity (Wildman–Crippen MR) is 121 cm³/mol. The van der Waals surface area contributed by atoms with E-state index in [0.29, 0.717) is 0 Å². The topological polar surface area (TPSA) is 0 Å². The van der Waals surface area contributed by atoms with Gasteiger partial charge in [0.1, 0.15) is 0 Å². The molecule has 0 N–H and O–H groups in total. The first kappa shape index (κ1) is 25.6. The molecular formula is C26H50. The summed E-state index contributed by atoms with van der Waals surface area (Å²) in [6.45, 7) is 9.42. The molecule has 0 heterocycles. The van der Waals surface area contributed by atoms with E-state index in [1.807, 2.05) is 0 Å². The van der Waals surface area contributed by atoms with Crippen LogP contribution in [0.3, 0.4) is 0 Å². The van der Waals surface area contributed by atoms with E-state index < -0.39 is 0 Å². The lowest BCUT2D eigenvalue weighted by Crippen LogP contribution is -2.11. The maximum Gasteiger partial charge on any atom is 0.00886 e. The third-order valence-corrected chi connectivity index (χ3v) is 6.03. The van der Waals surface area contributed by atoms with Gasteiger partial charge in [0.25, 0.3) is 0 Å². The molecule has 2 unspecified atom stereocenters. The van der Waals surface area contributed by atoms with E-state index in [4.69, 9.17) is 0 Å². The lowest BCUT2D eigenvalue weighted by Gasteiger charge is -2.23. The molecule has 2 atom stereocenters. The molecule has 0 rings (SSSR count). The minimum Gasteiger partial charge on any atom is -0.103 e. The van der Waals surface area contributed by atoms with Crippen LogP contribution in [-0.4, -0.2) is 0 Å². The zero-order chi connectivity index (χ0) is 19.3. The van der Waals surface area contributed by atoms with E-state index in [0.717, 1.165) is 24.7 Å². The molecule has 0 amide bonds. The van der Waals surface area contributed by atoms with Gasteiger partial charge in [0.2, 0.25) is 0 Å². The zero-order valence-corrected chi connectivity index (χ0v) is 18.9. The summed E-state index contributed by atoms with van der Waals surface area (Å²) in [5.41, 5.74) is 0. The Kier molecular flexibility index (Phi) is 20.5. The Morgan fingerprint density at radius 3 is 1.42 bits per heavy atom. The first-order chi connectivity index (χ1) is 12.8. The minimum atomic E-state index is 0.916. The fourth-order valence-corrected chi connectivity index (χ4v) is 3.85. The number of hydrogen-bond acceptors (Lipinski definition) is 0. The van der Waals surface area contributed by atoms with E-state index in [-0.39, 0.29) is 0 Å². The molecule has 0 aliphatic carbocycles. The molecule has 0 aliphatic heterocycles. The number of unbranched alkanes of at least 4 members (excludes halogenated alkanes) is 12. The van der Waals surface area contributed by atoms with E-state index in [1.165, 1.54) is 103 Å². The summed E-state index contributed by atoms with van der Waals surface area (Å²) >= 11 is 0. The van der Waals surface area contributed by atoms with Crippen molar-refractivity contribution in [2.24, 2.45) is 11.8 Å². The minimum absolute atomic E-state index is 0.916. The highest BCUT2D eigenvalue weighted by Crippen LogP contribution is 2.27. The van der Waals surface area contributed by atoms with Crippen LogP contribution in [0.25, 0.3) is 0 Å². The first-order valence-electron chi connectivity index (χ1n) is 12.2. The molecule has 26 heavy (non-hydrogen) atoms. The van der Waals surface area contributed by atoms with Crippen LogP contribution >= 0.6 is 0 Å². The maximum atomic E-state index is 3.38. The molecule has 0 aromatic carbocycles. The summed E-state index contributed by atoms with van der Waals surface area (Å²) in [6.07, 6.45) is 24.6. The van der Waals surface area contributed by atoms with Gasteiger partial charge in [-0.2, -0.15) is 0 Å². The summed E-state index contributed by atoms with van der Waals surface area (Å²) in [5, 5.41) is 0. The van der Waals surface area contributed by atoms with Crippen LogP contribution in [0, 0.1) is 23.7 Å². The molecule has 0 spiro atoms. The molecule has 0 saturated heterocycles. The van der Waals surface area contributed by atoms with Gasteiger partial charge in [-0.1, -0.05) is 118 Å². The second-order valence-corrected chi connectivity index (χ2v) is 8.47. The predicted octanol–water partition coefficient (Wildman–Crippen LogP) is 9.32. The van der Waals surface area contributed by atoms with Crippen LogP contribution in [0.5, 0.6) is 0 Å². The third kappa shape index (κ3) is 17.0. The van der Waals surface area contributed by atoms with Crippen molar-refractivity contribution in [3.8, 4) is 11.8 Å². The second-order valence-electron chi connectivity index (χ2n) is 8.47. The van der Waals surface area contributed by atoms with E-state index in [9.17, 15) is 0 Å². The Morgan fingerprint density at radius 1 is 0.538 bits per heavy atom. The van der Waals surface area contributed by atoms with Crippen molar-refractivity contribution < 1.29 is 0 Å². The van der Waals surface area contributed by atoms with Gasteiger partial charge in [0.05, 0.1) is 0 Å². The molecule has 0 radical (unpaired) electrons. The van der Waals surface area contributed by atoms with Crippen LogP contribution in [0.2, 0.25) is 0 Å². The van der Waals surface area contributed by atoms with Crippen LogP contribution < -0.4 is 0 Å². The smallest absolute Gasteiger partial charge is 0.00886 e. The first-order valence-corrected chi connectivity index (χ1v) is 12.2. The highest BCUT2D eigenvalue weighted by atomic mass is 14.2. The fourth-order valence-electron chi connectivity index (χ4n) is 3.85. The summed E-state index contributed by atoms with van der Waals surface area (Å²) in [5.74, 6) is 8.64. The Bertz CT molecular complexity index is 319. The van der Waals surface area contributed by atoms with Gasteiger partial charge in [-0.15, -0.1) is 11.8 Å². The van der Waals surface area contributed by atoms with Crippen LogP contribution in [0.1, 0.15) is 143 Å². The molecule has 154 valence electrons. The van der Waals surface area contributed by atoms with Gasteiger partial charge in [0, 0.05) is 12.8 Å². The van der Waals surface area contributed by atoms with E-state index in [2.05, 4.69) is 39.5 Å². The number of hydrogen-bond donors (Lipinski definition) is 0. The second kappa shape index (κ2) is 20.9. The highest BCUT2D eigenvalue weighted by molar-refractivity contribution is 4.98. The summed E-state index contributed by atoms with van der Waals surface area (Å²) < 4.78 is 0. The lowest BCUT2D eigenvalue weighted by molar-refractivity contribution is 0.288. The van der Waals surface area contributed by atoms with Crippen LogP contribution in [-0.2, 0) is 0 Å². The quantitative estimate of drug-likeness (QED) is 0.168. The van der Waals surface area contributed by atoms with Crippen molar-refractivity contribution in [2.45, 2.75) is 143 Å². The molecule has 0 saturated carbocycles. The summed E-state index contributed by atoms with van der Waals surface area (Å²) in [7, 11) is 0. The third-order valence-electron chi connectivity index (χ3n) is 6.03. The van der Waals surface area contributed by atoms with E-state index in [1.54, 1.807) is 0 Å². The number of rotatable bonds is 18. The average Bonchev–Trinajstić information content (AvgIpc) is 2.66. The monoisotopic (exact) mass is 362 g/mol. The molecule has 0 bridgehead atoms. The van der Waals surface area contributed by atoms with Crippen molar-refractivity contribution >= 4 is 0 Å². The van der Waals surface area contributed by atoms with Crippen molar-refractivity contribution in [3.63, 3.8) is 0 Å². The molecule has 0 nitrogen and oxygen atoms in total. The van der Waals surface area contributed by atoms with Gasteiger partial charge in [-0.25, -0.2) is 0 Å². The van der Waals surface area contributed by atoms with E-state index >= 15 is 0 Å². The van der Waals surface area contributed by atoms with Gasteiger partial charge in [-0.3, -0.25) is 0 Å².